The first-order valence-electron chi connectivity index (χ1n) is 8.19. The van der Waals surface area contributed by atoms with Crippen LogP contribution in [0.25, 0.3) is 0 Å². The summed E-state index contributed by atoms with van der Waals surface area (Å²) in [6, 6.07) is 8.59. The summed E-state index contributed by atoms with van der Waals surface area (Å²) < 4.78 is 21.2. The van der Waals surface area contributed by atoms with Crippen LogP contribution >= 0.6 is 24.0 Å². The first kappa shape index (κ1) is 23.5. The van der Waals surface area contributed by atoms with Crippen molar-refractivity contribution in [1.29, 1.82) is 0 Å². The third-order valence-electron chi connectivity index (χ3n) is 3.88. The fraction of sp³-hybridized carbons (Fsp3) is 0.316. The minimum Gasteiger partial charge on any atom is -0.508 e. The second-order valence-electron chi connectivity index (χ2n) is 5.46. The zero-order valence-corrected chi connectivity index (χ0v) is 18.9. The predicted molar refractivity (Wildman–Crippen MR) is 120 cm³/mol. The van der Waals surface area contributed by atoms with Gasteiger partial charge in [-0.25, -0.2) is 0 Å². The highest BCUT2D eigenvalue weighted by Gasteiger charge is 2.14. The van der Waals surface area contributed by atoms with Gasteiger partial charge >= 0.3 is 0 Å². The third-order valence-corrected chi connectivity index (χ3v) is 3.88. The molecule has 0 atom stereocenters. The normalized spacial score (nSPS) is 10.5. The van der Waals surface area contributed by atoms with Crippen LogP contribution in [0.3, 0.4) is 0 Å². The molecule has 0 fully saturated rings. The number of anilines is 1. The summed E-state index contributed by atoms with van der Waals surface area (Å²) in [7, 11) is 7.89. The van der Waals surface area contributed by atoms with Gasteiger partial charge in [-0.05, 0) is 18.2 Å². The van der Waals surface area contributed by atoms with Crippen molar-refractivity contribution in [1.82, 2.24) is 5.32 Å². The lowest BCUT2D eigenvalue weighted by atomic mass is 10.2. The maximum atomic E-state index is 10.00. The molecule has 2 aromatic carbocycles. The SMILES string of the molecule is CN=C(NCc1cc(OC)ccc1O)Nc1cc(OC)c(OC)c(OC)c1.I. The quantitative estimate of drug-likeness (QED) is 0.304. The lowest BCUT2D eigenvalue weighted by Crippen LogP contribution is -2.30. The monoisotopic (exact) mass is 503 g/mol. The Bertz CT molecular complexity index is 789. The van der Waals surface area contributed by atoms with E-state index in [1.807, 2.05) is 0 Å². The van der Waals surface area contributed by atoms with Crippen LogP contribution in [0.15, 0.2) is 35.3 Å². The Morgan fingerprint density at radius 2 is 1.61 bits per heavy atom. The predicted octanol–water partition coefficient (Wildman–Crippen LogP) is 3.23. The van der Waals surface area contributed by atoms with Gasteiger partial charge in [-0.2, -0.15) is 0 Å². The van der Waals surface area contributed by atoms with Crippen LogP contribution < -0.4 is 29.6 Å². The summed E-state index contributed by atoms with van der Waals surface area (Å²) in [6.45, 7) is 0.354. The molecule has 0 heterocycles. The topological polar surface area (TPSA) is 93.6 Å². The van der Waals surface area contributed by atoms with E-state index >= 15 is 0 Å². The van der Waals surface area contributed by atoms with Gasteiger partial charge in [0.2, 0.25) is 5.75 Å². The van der Waals surface area contributed by atoms with Gasteiger partial charge in [0, 0.05) is 37.0 Å². The molecule has 0 aliphatic heterocycles. The zero-order chi connectivity index (χ0) is 19.8. The molecule has 0 saturated heterocycles. The van der Waals surface area contributed by atoms with Gasteiger partial charge in [0.05, 0.1) is 28.4 Å². The number of aromatic hydroxyl groups is 1. The van der Waals surface area contributed by atoms with E-state index in [4.69, 9.17) is 18.9 Å². The number of phenolic OH excluding ortho intramolecular Hbond substituents is 1. The van der Waals surface area contributed by atoms with Crippen LogP contribution in [0.1, 0.15) is 5.56 Å². The molecule has 0 spiro atoms. The Morgan fingerprint density at radius 1 is 0.964 bits per heavy atom. The summed E-state index contributed by atoms with van der Waals surface area (Å²) in [5, 5.41) is 16.3. The molecule has 0 bridgehead atoms. The number of nitrogens with one attached hydrogen (secondary N) is 2. The van der Waals surface area contributed by atoms with E-state index in [0.29, 0.717) is 46.8 Å². The summed E-state index contributed by atoms with van der Waals surface area (Å²) >= 11 is 0. The summed E-state index contributed by atoms with van der Waals surface area (Å²) in [5.74, 6) is 2.91. The van der Waals surface area contributed by atoms with E-state index in [1.165, 1.54) is 0 Å². The van der Waals surface area contributed by atoms with E-state index in [0.717, 1.165) is 0 Å². The maximum Gasteiger partial charge on any atom is 0.203 e. The molecule has 8 nitrogen and oxygen atoms in total. The smallest absolute Gasteiger partial charge is 0.203 e. The van der Waals surface area contributed by atoms with Crippen molar-refractivity contribution in [2.45, 2.75) is 6.54 Å². The Balaban J connectivity index is 0.00000392. The minimum atomic E-state index is 0. The molecule has 0 unspecified atom stereocenters. The lowest BCUT2D eigenvalue weighted by molar-refractivity contribution is 0.324. The molecule has 2 aromatic rings. The van der Waals surface area contributed by atoms with Crippen LogP contribution in [0.2, 0.25) is 0 Å². The van der Waals surface area contributed by atoms with Crippen molar-refractivity contribution >= 4 is 35.6 Å². The number of hydrogen-bond donors (Lipinski definition) is 3. The molecule has 9 heteroatoms. The van der Waals surface area contributed by atoms with Crippen molar-refractivity contribution in [3.05, 3.63) is 35.9 Å². The molecule has 0 saturated carbocycles. The number of rotatable bonds is 7. The van der Waals surface area contributed by atoms with Gasteiger partial charge in [-0.15, -0.1) is 24.0 Å². The second kappa shape index (κ2) is 11.3. The van der Waals surface area contributed by atoms with Crippen LogP contribution in [0, 0.1) is 0 Å². The second-order valence-corrected chi connectivity index (χ2v) is 5.46. The number of benzene rings is 2. The average Bonchev–Trinajstić information content (AvgIpc) is 2.71. The van der Waals surface area contributed by atoms with Crippen molar-refractivity contribution in [3.8, 4) is 28.7 Å². The van der Waals surface area contributed by atoms with Crippen molar-refractivity contribution in [2.75, 3.05) is 40.8 Å². The molecule has 0 aliphatic carbocycles. The van der Waals surface area contributed by atoms with E-state index < -0.39 is 0 Å². The highest BCUT2D eigenvalue weighted by Crippen LogP contribution is 2.39. The zero-order valence-electron chi connectivity index (χ0n) is 16.5. The third kappa shape index (κ3) is 5.72. The first-order chi connectivity index (χ1) is 13.1. The molecule has 0 radical (unpaired) electrons. The molecule has 0 aromatic heterocycles. The maximum absolute atomic E-state index is 10.00. The Kier molecular flexibility index (Phi) is 9.49. The van der Waals surface area contributed by atoms with E-state index in [1.54, 1.807) is 65.8 Å². The molecule has 2 rings (SSSR count). The summed E-state index contributed by atoms with van der Waals surface area (Å²) in [4.78, 5) is 4.19. The number of halogens is 1. The number of methoxy groups -OCH3 is 4. The van der Waals surface area contributed by atoms with Gasteiger partial charge in [-0.1, -0.05) is 0 Å². The standard InChI is InChI=1S/C19H25N3O5.HI/c1-20-19(21-11-12-8-14(24-2)6-7-15(12)23)22-13-9-16(25-3)18(27-5)17(10-13)26-4;/h6-10,23H,11H2,1-5H3,(H2,20,21,22);1H. The minimum absolute atomic E-state index is 0. The van der Waals surface area contributed by atoms with Crippen LogP contribution in [-0.2, 0) is 6.54 Å². The average molecular weight is 503 g/mol. The Hall–Kier alpha value is -2.56. The number of phenols is 1. The van der Waals surface area contributed by atoms with Gasteiger partial charge in [0.15, 0.2) is 17.5 Å². The molecular weight excluding hydrogens is 477 g/mol. The van der Waals surface area contributed by atoms with Crippen molar-refractivity contribution < 1.29 is 24.1 Å². The first-order valence-corrected chi connectivity index (χ1v) is 8.19. The Morgan fingerprint density at radius 3 is 2.11 bits per heavy atom. The fourth-order valence-corrected chi connectivity index (χ4v) is 2.48. The summed E-state index contributed by atoms with van der Waals surface area (Å²) in [6.07, 6.45) is 0. The van der Waals surface area contributed by atoms with Gasteiger partial charge in [-0.3, -0.25) is 4.99 Å². The molecule has 3 N–H and O–H groups in total. The number of guanidine groups is 1. The van der Waals surface area contributed by atoms with E-state index in [9.17, 15) is 5.11 Å². The molecule has 154 valence electrons. The van der Waals surface area contributed by atoms with Crippen molar-refractivity contribution in [3.63, 3.8) is 0 Å². The van der Waals surface area contributed by atoms with Crippen molar-refractivity contribution in [2.24, 2.45) is 4.99 Å². The van der Waals surface area contributed by atoms with Crippen LogP contribution in [-0.4, -0.2) is 46.6 Å². The van der Waals surface area contributed by atoms with Gasteiger partial charge in [0.1, 0.15) is 11.5 Å². The molecule has 0 amide bonds. The van der Waals surface area contributed by atoms with Crippen LogP contribution in [0.4, 0.5) is 5.69 Å². The van der Waals surface area contributed by atoms with Gasteiger partial charge in [0.25, 0.3) is 0 Å². The highest BCUT2D eigenvalue weighted by atomic mass is 127. The number of hydrogen-bond acceptors (Lipinski definition) is 6. The number of ether oxygens (including phenoxy) is 4. The number of nitrogens with zero attached hydrogens (tertiary/aromatic N) is 1. The number of aliphatic imine (C=N–C) groups is 1. The van der Waals surface area contributed by atoms with Crippen LogP contribution in [0.5, 0.6) is 28.7 Å². The van der Waals surface area contributed by atoms with E-state index in [-0.39, 0.29) is 29.7 Å². The molecular formula is C19H26IN3O5. The molecule has 0 aliphatic rings. The van der Waals surface area contributed by atoms with Gasteiger partial charge < -0.3 is 34.7 Å². The highest BCUT2D eigenvalue weighted by molar-refractivity contribution is 14.0. The summed E-state index contributed by atoms with van der Waals surface area (Å²) in [5.41, 5.74) is 1.38. The molecule has 28 heavy (non-hydrogen) atoms. The van der Waals surface area contributed by atoms with E-state index in [2.05, 4.69) is 15.6 Å². The largest absolute Gasteiger partial charge is 0.508 e. The fourth-order valence-electron chi connectivity index (χ4n) is 2.48. The Labute approximate surface area is 181 Å². The lowest BCUT2D eigenvalue weighted by Gasteiger charge is -2.17.